The molecule has 5 heteroatoms. The monoisotopic (exact) mass is 224 g/mol. The lowest BCUT2D eigenvalue weighted by Gasteiger charge is -2.33. The van der Waals surface area contributed by atoms with Crippen molar-refractivity contribution in [2.75, 3.05) is 39.3 Å². The predicted molar refractivity (Wildman–Crippen MR) is 62.0 cm³/mol. The van der Waals surface area contributed by atoms with E-state index in [1.54, 1.807) is 0 Å². The molecule has 0 unspecified atom stereocenters. The molecule has 16 heavy (non-hydrogen) atoms. The third kappa shape index (κ3) is 2.81. The molecular weight excluding hydrogens is 204 g/mol. The fourth-order valence-corrected chi connectivity index (χ4v) is 2.06. The second-order valence-corrected chi connectivity index (χ2v) is 4.30. The van der Waals surface area contributed by atoms with Gasteiger partial charge in [0.1, 0.15) is 5.82 Å². The van der Waals surface area contributed by atoms with Gasteiger partial charge in [-0.3, -0.25) is 9.80 Å². The fourth-order valence-electron chi connectivity index (χ4n) is 2.06. The van der Waals surface area contributed by atoms with E-state index in [1.165, 1.54) is 0 Å². The Labute approximate surface area is 96.3 Å². The average molecular weight is 224 g/mol. The molecule has 0 bridgehead atoms. The zero-order chi connectivity index (χ0) is 11.4. The molecule has 0 saturated carbocycles. The highest BCUT2D eigenvalue weighted by molar-refractivity contribution is 4.91. The van der Waals surface area contributed by atoms with Crippen LogP contribution in [0.4, 0.5) is 0 Å². The molecule has 1 N–H and O–H groups in total. The first-order valence-corrected chi connectivity index (χ1v) is 5.81. The van der Waals surface area contributed by atoms with Gasteiger partial charge in [0.05, 0.1) is 13.2 Å². The molecule has 0 spiro atoms. The molecule has 90 valence electrons. The Morgan fingerprint density at radius 2 is 1.94 bits per heavy atom. The molecule has 2 rings (SSSR count). The van der Waals surface area contributed by atoms with Crippen LogP contribution in [0, 0.1) is 0 Å². The van der Waals surface area contributed by atoms with Gasteiger partial charge in [0.25, 0.3) is 0 Å². The van der Waals surface area contributed by atoms with Crippen molar-refractivity contribution in [2.45, 2.75) is 6.54 Å². The summed E-state index contributed by atoms with van der Waals surface area (Å²) in [6, 6.07) is 0. The first-order chi connectivity index (χ1) is 7.79. The molecular formula is C11H20N4O. The second kappa shape index (κ2) is 5.43. The SMILES string of the molecule is Cn1ccnc1CN1CCN(CCO)CC1. The molecule has 0 amide bonds. The summed E-state index contributed by atoms with van der Waals surface area (Å²) in [6.45, 7) is 6.21. The maximum absolute atomic E-state index is 8.86. The molecule has 1 aliphatic rings. The maximum Gasteiger partial charge on any atom is 0.122 e. The van der Waals surface area contributed by atoms with E-state index in [9.17, 15) is 0 Å². The highest BCUT2D eigenvalue weighted by Gasteiger charge is 2.17. The molecule has 0 atom stereocenters. The lowest BCUT2D eigenvalue weighted by Crippen LogP contribution is -2.46. The molecule has 1 aromatic heterocycles. The number of piperazine rings is 1. The second-order valence-electron chi connectivity index (χ2n) is 4.30. The van der Waals surface area contributed by atoms with E-state index in [4.69, 9.17) is 5.11 Å². The number of aliphatic hydroxyl groups excluding tert-OH is 1. The van der Waals surface area contributed by atoms with Crippen molar-refractivity contribution in [1.82, 2.24) is 19.4 Å². The summed E-state index contributed by atoms with van der Waals surface area (Å²) in [6.07, 6.45) is 3.83. The standard InChI is InChI=1S/C11H20N4O/c1-13-3-2-12-11(13)10-15-6-4-14(5-7-15)8-9-16/h2-3,16H,4-10H2,1H3. The lowest BCUT2D eigenvalue weighted by atomic mass is 10.3. The van der Waals surface area contributed by atoms with Gasteiger partial charge in [-0.05, 0) is 0 Å². The molecule has 5 nitrogen and oxygen atoms in total. The number of rotatable bonds is 4. The summed E-state index contributed by atoms with van der Waals surface area (Å²) < 4.78 is 2.07. The zero-order valence-electron chi connectivity index (χ0n) is 9.84. The summed E-state index contributed by atoms with van der Waals surface area (Å²) in [5, 5.41) is 8.86. The van der Waals surface area contributed by atoms with Gasteiger partial charge in [0, 0.05) is 52.2 Å². The van der Waals surface area contributed by atoms with Gasteiger partial charge >= 0.3 is 0 Å². The molecule has 0 radical (unpaired) electrons. The van der Waals surface area contributed by atoms with E-state index in [2.05, 4.69) is 19.4 Å². The van der Waals surface area contributed by atoms with Gasteiger partial charge < -0.3 is 9.67 Å². The minimum Gasteiger partial charge on any atom is -0.395 e. The Morgan fingerprint density at radius 1 is 1.25 bits per heavy atom. The van der Waals surface area contributed by atoms with E-state index in [0.29, 0.717) is 0 Å². The van der Waals surface area contributed by atoms with Crippen molar-refractivity contribution in [3.05, 3.63) is 18.2 Å². The van der Waals surface area contributed by atoms with Crippen molar-refractivity contribution >= 4 is 0 Å². The van der Waals surface area contributed by atoms with Crippen LogP contribution in [0.3, 0.4) is 0 Å². The fraction of sp³-hybridized carbons (Fsp3) is 0.727. The van der Waals surface area contributed by atoms with Crippen LogP contribution in [0.1, 0.15) is 5.82 Å². The van der Waals surface area contributed by atoms with Crippen molar-refractivity contribution in [3.63, 3.8) is 0 Å². The minimum absolute atomic E-state index is 0.263. The minimum atomic E-state index is 0.263. The van der Waals surface area contributed by atoms with E-state index < -0.39 is 0 Å². The third-order valence-corrected chi connectivity index (χ3v) is 3.17. The molecule has 1 fully saturated rings. The van der Waals surface area contributed by atoms with Crippen LogP contribution in [-0.4, -0.2) is 63.8 Å². The molecule has 1 saturated heterocycles. The van der Waals surface area contributed by atoms with Crippen molar-refractivity contribution in [2.24, 2.45) is 7.05 Å². The van der Waals surface area contributed by atoms with Gasteiger partial charge in [-0.15, -0.1) is 0 Å². The quantitative estimate of drug-likeness (QED) is 0.751. The van der Waals surface area contributed by atoms with Crippen LogP contribution in [-0.2, 0) is 13.6 Å². The normalized spacial score (nSPS) is 19.1. The summed E-state index contributed by atoms with van der Waals surface area (Å²) in [5.74, 6) is 1.12. The number of β-amino-alcohol motifs (C(OH)–C–C–N with tert-alkyl or cyclic N) is 1. The number of aryl methyl sites for hydroxylation is 1. The van der Waals surface area contributed by atoms with Gasteiger partial charge in [0.2, 0.25) is 0 Å². The summed E-state index contributed by atoms with van der Waals surface area (Å²) in [4.78, 5) is 9.05. The van der Waals surface area contributed by atoms with Crippen molar-refractivity contribution in [3.8, 4) is 0 Å². The Morgan fingerprint density at radius 3 is 2.50 bits per heavy atom. The molecule has 1 aromatic rings. The highest BCUT2D eigenvalue weighted by Crippen LogP contribution is 2.06. The van der Waals surface area contributed by atoms with E-state index >= 15 is 0 Å². The average Bonchev–Trinajstić information content (AvgIpc) is 2.68. The topological polar surface area (TPSA) is 44.5 Å². The lowest BCUT2D eigenvalue weighted by molar-refractivity contribution is 0.106. The van der Waals surface area contributed by atoms with Crippen LogP contribution in [0.25, 0.3) is 0 Å². The molecule has 0 aromatic carbocycles. The van der Waals surface area contributed by atoms with Gasteiger partial charge in [-0.2, -0.15) is 0 Å². The van der Waals surface area contributed by atoms with Crippen LogP contribution in [0.15, 0.2) is 12.4 Å². The Bertz CT molecular complexity index is 318. The van der Waals surface area contributed by atoms with Crippen LogP contribution in [0.2, 0.25) is 0 Å². The summed E-state index contributed by atoms with van der Waals surface area (Å²) in [7, 11) is 2.03. The third-order valence-electron chi connectivity index (χ3n) is 3.17. The first-order valence-electron chi connectivity index (χ1n) is 5.81. The highest BCUT2D eigenvalue weighted by atomic mass is 16.3. The van der Waals surface area contributed by atoms with Crippen LogP contribution in [0.5, 0.6) is 0 Å². The van der Waals surface area contributed by atoms with Gasteiger partial charge in [0.15, 0.2) is 0 Å². The number of aromatic nitrogens is 2. The maximum atomic E-state index is 8.86. The Hall–Kier alpha value is -0.910. The Balaban J connectivity index is 1.79. The molecule has 0 aliphatic carbocycles. The van der Waals surface area contributed by atoms with Crippen molar-refractivity contribution < 1.29 is 5.11 Å². The van der Waals surface area contributed by atoms with E-state index in [-0.39, 0.29) is 6.61 Å². The van der Waals surface area contributed by atoms with Crippen molar-refractivity contribution in [1.29, 1.82) is 0 Å². The number of nitrogens with zero attached hydrogens (tertiary/aromatic N) is 4. The molecule has 1 aliphatic heterocycles. The van der Waals surface area contributed by atoms with Gasteiger partial charge in [-0.25, -0.2) is 4.98 Å². The largest absolute Gasteiger partial charge is 0.395 e. The number of hydrogen-bond donors (Lipinski definition) is 1. The van der Waals surface area contributed by atoms with E-state index in [0.717, 1.165) is 45.1 Å². The zero-order valence-corrected chi connectivity index (χ0v) is 9.84. The first kappa shape index (κ1) is 11.6. The van der Waals surface area contributed by atoms with Crippen LogP contribution < -0.4 is 0 Å². The van der Waals surface area contributed by atoms with E-state index in [1.807, 2.05) is 19.4 Å². The number of imidazole rings is 1. The number of hydrogen-bond acceptors (Lipinski definition) is 4. The van der Waals surface area contributed by atoms with Gasteiger partial charge in [-0.1, -0.05) is 0 Å². The number of aliphatic hydroxyl groups is 1. The smallest absolute Gasteiger partial charge is 0.122 e. The molecule has 2 heterocycles. The summed E-state index contributed by atoms with van der Waals surface area (Å²) in [5.41, 5.74) is 0. The summed E-state index contributed by atoms with van der Waals surface area (Å²) >= 11 is 0. The van der Waals surface area contributed by atoms with Crippen LogP contribution >= 0.6 is 0 Å². The Kier molecular flexibility index (Phi) is 3.93. The predicted octanol–water partition coefficient (Wildman–Crippen LogP) is -0.470.